The molecule has 1 aromatic carbocycles. The van der Waals surface area contributed by atoms with E-state index >= 15 is 0 Å². The first-order valence-corrected chi connectivity index (χ1v) is 7.02. The fourth-order valence-corrected chi connectivity index (χ4v) is 2.61. The van der Waals surface area contributed by atoms with Gasteiger partial charge in [0.25, 0.3) is 0 Å². The third-order valence-corrected chi connectivity index (χ3v) is 3.66. The molecule has 1 aromatic rings. The number of nitrogens with one attached hydrogen (secondary N) is 1. The van der Waals surface area contributed by atoms with E-state index in [2.05, 4.69) is 5.32 Å². The van der Waals surface area contributed by atoms with Crippen LogP contribution in [-0.2, 0) is 16.0 Å². The second-order valence-corrected chi connectivity index (χ2v) is 5.12. The summed E-state index contributed by atoms with van der Waals surface area (Å²) < 4.78 is 5.26. The molecule has 2 amide bonds. The van der Waals surface area contributed by atoms with Crippen molar-refractivity contribution >= 4 is 11.8 Å². The van der Waals surface area contributed by atoms with Gasteiger partial charge in [-0.25, -0.2) is 0 Å². The minimum atomic E-state index is -0.490. The molecular weight excluding hydrogens is 270 g/mol. The Kier molecular flexibility index (Phi) is 5.16. The molecule has 1 aliphatic rings. The Labute approximate surface area is 124 Å². The Bertz CT molecular complexity index is 513. The summed E-state index contributed by atoms with van der Waals surface area (Å²) in [5, 5.41) is 3.20. The topological polar surface area (TPSA) is 84.7 Å². The highest BCUT2D eigenvalue weighted by Crippen LogP contribution is 2.19. The zero-order valence-electron chi connectivity index (χ0n) is 12.2. The van der Waals surface area contributed by atoms with Gasteiger partial charge in [-0.15, -0.1) is 0 Å². The average Bonchev–Trinajstić information content (AvgIpc) is 2.99. The molecule has 21 heavy (non-hydrogen) atoms. The SMILES string of the molecule is COc1ccccc1CC(=O)N(CC(N)=O)C1CCNC1. The van der Waals surface area contributed by atoms with E-state index in [9.17, 15) is 9.59 Å². The summed E-state index contributed by atoms with van der Waals surface area (Å²) in [6.07, 6.45) is 1.04. The van der Waals surface area contributed by atoms with E-state index < -0.39 is 5.91 Å². The summed E-state index contributed by atoms with van der Waals surface area (Å²) in [4.78, 5) is 25.3. The van der Waals surface area contributed by atoms with Crippen LogP contribution in [0.25, 0.3) is 0 Å². The highest BCUT2D eigenvalue weighted by molar-refractivity contribution is 5.85. The van der Waals surface area contributed by atoms with Crippen molar-refractivity contribution in [2.24, 2.45) is 5.73 Å². The minimum absolute atomic E-state index is 0.0275. The van der Waals surface area contributed by atoms with Crippen molar-refractivity contribution in [1.29, 1.82) is 0 Å². The number of carbonyl (C=O) groups is 2. The van der Waals surface area contributed by atoms with Gasteiger partial charge in [-0.2, -0.15) is 0 Å². The van der Waals surface area contributed by atoms with Gasteiger partial charge in [0.1, 0.15) is 5.75 Å². The summed E-state index contributed by atoms with van der Waals surface area (Å²) in [6, 6.07) is 7.42. The molecule has 0 aromatic heterocycles. The van der Waals surface area contributed by atoms with Gasteiger partial charge in [0.05, 0.1) is 20.1 Å². The Morgan fingerprint density at radius 2 is 2.19 bits per heavy atom. The molecule has 2 rings (SSSR count). The summed E-state index contributed by atoms with van der Waals surface area (Å²) >= 11 is 0. The maximum atomic E-state index is 12.5. The molecule has 0 spiro atoms. The number of para-hydroxylation sites is 1. The average molecular weight is 291 g/mol. The van der Waals surface area contributed by atoms with E-state index in [1.165, 1.54) is 0 Å². The van der Waals surface area contributed by atoms with E-state index in [0.717, 1.165) is 18.5 Å². The number of nitrogens with two attached hydrogens (primary N) is 1. The van der Waals surface area contributed by atoms with Crippen molar-refractivity contribution in [3.63, 3.8) is 0 Å². The summed E-state index contributed by atoms with van der Waals surface area (Å²) in [5.74, 6) is 0.0803. The van der Waals surface area contributed by atoms with E-state index in [-0.39, 0.29) is 24.9 Å². The smallest absolute Gasteiger partial charge is 0.237 e. The molecule has 0 saturated carbocycles. The van der Waals surface area contributed by atoms with Gasteiger partial charge in [0, 0.05) is 18.2 Å². The molecule has 6 heteroatoms. The van der Waals surface area contributed by atoms with Gasteiger partial charge >= 0.3 is 0 Å². The van der Waals surface area contributed by atoms with Crippen molar-refractivity contribution in [3.05, 3.63) is 29.8 Å². The van der Waals surface area contributed by atoms with Gasteiger partial charge in [-0.1, -0.05) is 18.2 Å². The highest BCUT2D eigenvalue weighted by Gasteiger charge is 2.28. The molecule has 0 radical (unpaired) electrons. The predicted molar refractivity (Wildman–Crippen MR) is 78.9 cm³/mol. The monoisotopic (exact) mass is 291 g/mol. The Balaban J connectivity index is 2.12. The van der Waals surface area contributed by atoms with Gasteiger partial charge < -0.3 is 20.7 Å². The lowest BCUT2D eigenvalue weighted by molar-refractivity contribution is -0.136. The van der Waals surface area contributed by atoms with Crippen LogP contribution >= 0.6 is 0 Å². The quantitative estimate of drug-likeness (QED) is 0.767. The molecular formula is C15H21N3O3. The van der Waals surface area contributed by atoms with Crippen molar-refractivity contribution in [2.75, 3.05) is 26.7 Å². The number of hydrogen-bond donors (Lipinski definition) is 2. The fourth-order valence-electron chi connectivity index (χ4n) is 2.61. The van der Waals surface area contributed by atoms with Crippen LogP contribution in [0.2, 0.25) is 0 Å². The summed E-state index contributed by atoms with van der Waals surface area (Å²) in [7, 11) is 1.57. The number of primary amides is 1. The van der Waals surface area contributed by atoms with Crippen LogP contribution in [0.1, 0.15) is 12.0 Å². The van der Waals surface area contributed by atoms with Crippen molar-refractivity contribution in [2.45, 2.75) is 18.9 Å². The molecule has 0 bridgehead atoms. The number of carbonyl (C=O) groups excluding carboxylic acids is 2. The molecule has 1 saturated heterocycles. The normalized spacial score (nSPS) is 17.5. The predicted octanol–water partition coefficient (Wildman–Crippen LogP) is -0.0865. The molecule has 1 heterocycles. The van der Waals surface area contributed by atoms with Gasteiger partial charge in [-0.3, -0.25) is 9.59 Å². The molecule has 0 aliphatic carbocycles. The molecule has 114 valence electrons. The Morgan fingerprint density at radius 1 is 1.43 bits per heavy atom. The van der Waals surface area contributed by atoms with Gasteiger partial charge in [-0.05, 0) is 19.0 Å². The van der Waals surface area contributed by atoms with Gasteiger partial charge in [0.15, 0.2) is 0 Å². The van der Waals surface area contributed by atoms with E-state index in [0.29, 0.717) is 12.3 Å². The zero-order chi connectivity index (χ0) is 15.2. The highest BCUT2D eigenvalue weighted by atomic mass is 16.5. The summed E-state index contributed by atoms with van der Waals surface area (Å²) in [5.41, 5.74) is 6.08. The first-order chi connectivity index (χ1) is 10.1. The third kappa shape index (κ3) is 3.95. The number of rotatable bonds is 6. The molecule has 1 atom stereocenters. The zero-order valence-corrected chi connectivity index (χ0v) is 12.2. The Morgan fingerprint density at radius 3 is 2.81 bits per heavy atom. The largest absolute Gasteiger partial charge is 0.496 e. The second kappa shape index (κ2) is 7.08. The number of methoxy groups -OCH3 is 1. The second-order valence-electron chi connectivity index (χ2n) is 5.12. The van der Waals surface area contributed by atoms with E-state index in [4.69, 9.17) is 10.5 Å². The molecule has 3 N–H and O–H groups in total. The molecule has 1 unspecified atom stereocenters. The van der Waals surface area contributed by atoms with Crippen LogP contribution in [0.3, 0.4) is 0 Å². The fraction of sp³-hybridized carbons (Fsp3) is 0.467. The first kappa shape index (κ1) is 15.3. The van der Waals surface area contributed by atoms with Gasteiger partial charge in [0.2, 0.25) is 11.8 Å². The molecule has 1 aliphatic heterocycles. The van der Waals surface area contributed by atoms with Crippen molar-refractivity contribution in [3.8, 4) is 5.75 Å². The lowest BCUT2D eigenvalue weighted by atomic mass is 10.1. The van der Waals surface area contributed by atoms with Crippen LogP contribution in [0.4, 0.5) is 0 Å². The maximum Gasteiger partial charge on any atom is 0.237 e. The Hall–Kier alpha value is -2.08. The number of hydrogen-bond acceptors (Lipinski definition) is 4. The molecule has 6 nitrogen and oxygen atoms in total. The third-order valence-electron chi connectivity index (χ3n) is 3.66. The van der Waals surface area contributed by atoms with Crippen molar-refractivity contribution in [1.82, 2.24) is 10.2 Å². The van der Waals surface area contributed by atoms with Crippen LogP contribution in [0, 0.1) is 0 Å². The van der Waals surface area contributed by atoms with Crippen molar-refractivity contribution < 1.29 is 14.3 Å². The molecule has 1 fully saturated rings. The number of benzene rings is 1. The van der Waals surface area contributed by atoms with E-state index in [1.54, 1.807) is 12.0 Å². The minimum Gasteiger partial charge on any atom is -0.496 e. The standard InChI is InChI=1S/C15H21N3O3/c1-21-13-5-3-2-4-11(13)8-15(20)18(10-14(16)19)12-6-7-17-9-12/h2-5,12,17H,6-10H2,1H3,(H2,16,19). The van der Waals surface area contributed by atoms with E-state index in [1.807, 2.05) is 24.3 Å². The number of ether oxygens (including phenoxy) is 1. The van der Waals surface area contributed by atoms with Crippen LogP contribution in [0.5, 0.6) is 5.75 Å². The van der Waals surface area contributed by atoms with Crippen LogP contribution in [-0.4, -0.2) is 49.5 Å². The number of amides is 2. The lowest BCUT2D eigenvalue weighted by Crippen LogP contribution is -2.46. The first-order valence-electron chi connectivity index (χ1n) is 7.02. The van der Waals surface area contributed by atoms with Crippen LogP contribution in [0.15, 0.2) is 24.3 Å². The lowest BCUT2D eigenvalue weighted by Gasteiger charge is -2.27. The summed E-state index contributed by atoms with van der Waals surface area (Å²) in [6.45, 7) is 1.51. The maximum absolute atomic E-state index is 12.5. The number of nitrogens with zero attached hydrogens (tertiary/aromatic N) is 1. The van der Waals surface area contributed by atoms with Crippen LogP contribution < -0.4 is 15.8 Å².